The number of rotatable bonds is 1. The molecule has 0 aliphatic carbocycles. The highest BCUT2D eigenvalue weighted by Crippen LogP contribution is 2.22. The highest BCUT2D eigenvalue weighted by molar-refractivity contribution is 5.60. The first-order valence-corrected chi connectivity index (χ1v) is 5.74. The molecule has 1 unspecified atom stereocenters. The molecule has 0 bridgehead atoms. The van der Waals surface area contributed by atoms with Crippen molar-refractivity contribution in [1.82, 2.24) is 0 Å². The van der Waals surface area contributed by atoms with Gasteiger partial charge in [-0.1, -0.05) is 50.8 Å². The lowest BCUT2D eigenvalue weighted by molar-refractivity contribution is 0.0186. The van der Waals surface area contributed by atoms with Gasteiger partial charge in [0.15, 0.2) is 6.10 Å². The standard InChI is InChI=1S/C15H18O3/c1-15(2,3)13(18-14(16)17-4)11-10-12-8-6-5-7-9-12/h5-9,13H,1-4H3. The van der Waals surface area contributed by atoms with E-state index in [0.717, 1.165) is 5.56 Å². The third-order valence-corrected chi connectivity index (χ3v) is 2.29. The predicted octanol–water partition coefficient (Wildman–Crippen LogP) is 3.24. The van der Waals surface area contributed by atoms with Crippen LogP contribution < -0.4 is 0 Å². The number of carbonyl (C=O) groups excluding carboxylic acids is 1. The maximum absolute atomic E-state index is 11.2. The molecule has 0 saturated heterocycles. The molecule has 3 nitrogen and oxygen atoms in total. The highest BCUT2D eigenvalue weighted by atomic mass is 16.7. The van der Waals surface area contributed by atoms with Gasteiger partial charge < -0.3 is 9.47 Å². The molecule has 1 aromatic rings. The average molecular weight is 246 g/mol. The molecular formula is C15H18O3. The van der Waals surface area contributed by atoms with E-state index in [4.69, 9.17) is 4.74 Å². The van der Waals surface area contributed by atoms with E-state index in [0.29, 0.717) is 0 Å². The lowest BCUT2D eigenvalue weighted by Gasteiger charge is -2.25. The second-order valence-electron chi connectivity index (χ2n) is 4.95. The van der Waals surface area contributed by atoms with E-state index in [1.807, 2.05) is 51.1 Å². The molecule has 0 aliphatic heterocycles. The van der Waals surface area contributed by atoms with Crippen LogP contribution in [0.5, 0.6) is 0 Å². The summed E-state index contributed by atoms with van der Waals surface area (Å²) in [5.74, 6) is 5.97. The molecule has 0 N–H and O–H groups in total. The van der Waals surface area contributed by atoms with Gasteiger partial charge in [0, 0.05) is 11.0 Å². The number of methoxy groups -OCH3 is 1. The van der Waals surface area contributed by atoms with Crippen LogP contribution in [0.1, 0.15) is 26.3 Å². The first-order chi connectivity index (χ1) is 8.43. The Kier molecular flexibility index (Phi) is 4.79. The van der Waals surface area contributed by atoms with E-state index in [-0.39, 0.29) is 5.41 Å². The first kappa shape index (κ1) is 14.1. The summed E-state index contributed by atoms with van der Waals surface area (Å²) < 4.78 is 9.65. The third kappa shape index (κ3) is 4.50. The van der Waals surface area contributed by atoms with Gasteiger partial charge >= 0.3 is 6.16 Å². The van der Waals surface area contributed by atoms with Crippen molar-refractivity contribution in [1.29, 1.82) is 0 Å². The van der Waals surface area contributed by atoms with Gasteiger partial charge in [-0.15, -0.1) is 0 Å². The Balaban J connectivity index is 2.86. The molecule has 0 radical (unpaired) electrons. The molecule has 18 heavy (non-hydrogen) atoms. The molecule has 3 heteroatoms. The van der Waals surface area contributed by atoms with E-state index >= 15 is 0 Å². The van der Waals surface area contributed by atoms with Crippen LogP contribution in [0.25, 0.3) is 0 Å². The van der Waals surface area contributed by atoms with Gasteiger partial charge in [0.05, 0.1) is 7.11 Å². The van der Waals surface area contributed by atoms with Crippen LogP contribution in [0.4, 0.5) is 4.79 Å². The molecule has 0 saturated carbocycles. The van der Waals surface area contributed by atoms with Crippen molar-refractivity contribution in [3.05, 3.63) is 35.9 Å². The summed E-state index contributed by atoms with van der Waals surface area (Å²) in [4.78, 5) is 11.2. The van der Waals surface area contributed by atoms with E-state index in [9.17, 15) is 4.79 Å². The molecule has 0 aliphatic rings. The normalized spacial score (nSPS) is 12.0. The second-order valence-corrected chi connectivity index (χ2v) is 4.95. The SMILES string of the molecule is COC(=O)OC(C#Cc1ccccc1)C(C)(C)C. The van der Waals surface area contributed by atoms with Gasteiger partial charge in [-0.05, 0) is 12.1 Å². The molecule has 1 atom stereocenters. The number of hydrogen-bond acceptors (Lipinski definition) is 3. The largest absolute Gasteiger partial charge is 0.509 e. The van der Waals surface area contributed by atoms with Crippen LogP contribution in [-0.4, -0.2) is 19.4 Å². The zero-order chi connectivity index (χ0) is 13.6. The Morgan fingerprint density at radius 1 is 1.22 bits per heavy atom. The predicted molar refractivity (Wildman–Crippen MR) is 70.1 cm³/mol. The van der Waals surface area contributed by atoms with Gasteiger partial charge in [0.1, 0.15) is 0 Å². The number of ether oxygens (including phenoxy) is 2. The lowest BCUT2D eigenvalue weighted by Crippen LogP contribution is -2.30. The van der Waals surface area contributed by atoms with Crippen LogP contribution in [0.3, 0.4) is 0 Å². The summed E-state index contributed by atoms with van der Waals surface area (Å²) >= 11 is 0. The van der Waals surface area contributed by atoms with Gasteiger partial charge in [0.2, 0.25) is 0 Å². The Morgan fingerprint density at radius 3 is 2.33 bits per heavy atom. The third-order valence-electron chi connectivity index (χ3n) is 2.29. The fourth-order valence-corrected chi connectivity index (χ4v) is 1.24. The quantitative estimate of drug-likeness (QED) is 0.563. The Morgan fingerprint density at radius 2 is 1.83 bits per heavy atom. The van der Waals surface area contributed by atoms with Gasteiger partial charge in [0.25, 0.3) is 0 Å². The van der Waals surface area contributed by atoms with Crippen LogP contribution in [0.15, 0.2) is 30.3 Å². The zero-order valence-electron chi connectivity index (χ0n) is 11.2. The summed E-state index contributed by atoms with van der Waals surface area (Å²) in [6.07, 6.45) is -1.22. The summed E-state index contributed by atoms with van der Waals surface area (Å²) in [6.45, 7) is 5.88. The Hall–Kier alpha value is -1.95. The first-order valence-electron chi connectivity index (χ1n) is 5.74. The number of hydrogen-bond donors (Lipinski definition) is 0. The minimum atomic E-state index is -0.711. The zero-order valence-corrected chi connectivity index (χ0v) is 11.2. The molecule has 1 aromatic carbocycles. The molecule has 0 heterocycles. The van der Waals surface area contributed by atoms with E-state index in [1.54, 1.807) is 0 Å². The number of benzene rings is 1. The highest BCUT2D eigenvalue weighted by Gasteiger charge is 2.27. The molecule has 1 rings (SSSR count). The summed E-state index contributed by atoms with van der Waals surface area (Å²) in [7, 11) is 1.28. The van der Waals surface area contributed by atoms with Crippen molar-refractivity contribution < 1.29 is 14.3 Å². The smallest absolute Gasteiger partial charge is 0.438 e. The van der Waals surface area contributed by atoms with E-state index in [1.165, 1.54) is 7.11 Å². The van der Waals surface area contributed by atoms with E-state index < -0.39 is 12.3 Å². The van der Waals surface area contributed by atoms with Crippen molar-refractivity contribution in [3.63, 3.8) is 0 Å². The van der Waals surface area contributed by atoms with Crippen LogP contribution in [0.2, 0.25) is 0 Å². The summed E-state index contributed by atoms with van der Waals surface area (Å²) in [5.41, 5.74) is 0.621. The van der Waals surface area contributed by atoms with Crippen molar-refractivity contribution in [3.8, 4) is 11.8 Å². The minimum Gasteiger partial charge on any atom is -0.438 e. The Labute approximate surface area is 108 Å². The van der Waals surface area contributed by atoms with Gasteiger partial charge in [-0.2, -0.15) is 0 Å². The minimum absolute atomic E-state index is 0.268. The van der Waals surface area contributed by atoms with Crippen molar-refractivity contribution in [2.24, 2.45) is 5.41 Å². The Bertz CT molecular complexity index is 446. The fraction of sp³-hybridized carbons (Fsp3) is 0.400. The van der Waals surface area contributed by atoms with Gasteiger partial charge in [-0.3, -0.25) is 0 Å². The monoisotopic (exact) mass is 246 g/mol. The van der Waals surface area contributed by atoms with Crippen molar-refractivity contribution in [2.45, 2.75) is 26.9 Å². The van der Waals surface area contributed by atoms with E-state index in [2.05, 4.69) is 16.6 Å². The second kappa shape index (κ2) is 6.11. The van der Waals surface area contributed by atoms with Crippen LogP contribution >= 0.6 is 0 Å². The fourth-order valence-electron chi connectivity index (χ4n) is 1.24. The molecule has 0 amide bonds. The maximum atomic E-state index is 11.2. The topological polar surface area (TPSA) is 35.5 Å². The lowest BCUT2D eigenvalue weighted by atomic mass is 9.89. The van der Waals surface area contributed by atoms with Crippen molar-refractivity contribution >= 4 is 6.16 Å². The van der Waals surface area contributed by atoms with Crippen LogP contribution in [0, 0.1) is 17.3 Å². The summed E-state index contributed by atoms with van der Waals surface area (Å²) in [6, 6.07) is 9.57. The number of carbonyl (C=O) groups is 1. The molecule has 0 spiro atoms. The van der Waals surface area contributed by atoms with Crippen molar-refractivity contribution in [2.75, 3.05) is 7.11 Å². The average Bonchev–Trinajstić information content (AvgIpc) is 2.34. The molecule has 0 aromatic heterocycles. The molecular weight excluding hydrogens is 228 g/mol. The molecule has 0 fully saturated rings. The summed E-state index contributed by atoms with van der Waals surface area (Å²) in [5, 5.41) is 0. The maximum Gasteiger partial charge on any atom is 0.509 e. The van der Waals surface area contributed by atoms with Crippen LogP contribution in [-0.2, 0) is 9.47 Å². The van der Waals surface area contributed by atoms with Gasteiger partial charge in [-0.25, -0.2) is 4.79 Å². The molecule has 96 valence electrons.